The normalized spacial score (nSPS) is 10.7. The Hall–Kier alpha value is -2.03. The van der Waals surface area contributed by atoms with Crippen molar-refractivity contribution in [1.82, 2.24) is 0 Å². The highest BCUT2D eigenvalue weighted by atomic mass is 19.4. The first kappa shape index (κ1) is 12.0. The molecule has 16 heavy (non-hydrogen) atoms. The number of halogens is 3. The number of nitrogens with zero attached hydrogens (tertiary/aromatic N) is 1. The molecule has 6 heteroatoms. The fourth-order valence-electron chi connectivity index (χ4n) is 1.12. The van der Waals surface area contributed by atoms with Gasteiger partial charge in [0.15, 0.2) is 0 Å². The number of carbonyl (C=O) groups is 1. The Balaban J connectivity index is 3.34. The number of hydrogen-bond acceptors (Lipinski definition) is 3. The minimum absolute atomic E-state index is 0.242. The minimum atomic E-state index is -4.67. The van der Waals surface area contributed by atoms with Crippen LogP contribution in [0.4, 0.5) is 13.2 Å². The van der Waals surface area contributed by atoms with Gasteiger partial charge in [-0.2, -0.15) is 18.4 Å². The van der Waals surface area contributed by atoms with Crippen molar-refractivity contribution in [2.45, 2.75) is 6.18 Å². The summed E-state index contributed by atoms with van der Waals surface area (Å²) in [5, 5.41) is 8.50. The molecule has 0 saturated heterocycles. The van der Waals surface area contributed by atoms with Crippen LogP contribution in [-0.4, -0.2) is 13.1 Å². The van der Waals surface area contributed by atoms with Gasteiger partial charge in [0, 0.05) is 0 Å². The van der Waals surface area contributed by atoms with Crippen molar-refractivity contribution in [3.63, 3.8) is 0 Å². The van der Waals surface area contributed by atoms with Gasteiger partial charge >= 0.3 is 12.1 Å². The molecular formula is C10H6F3NO2. The van der Waals surface area contributed by atoms with Gasteiger partial charge in [-0.3, -0.25) is 0 Å². The predicted octanol–water partition coefficient (Wildman–Crippen LogP) is 2.36. The maximum absolute atomic E-state index is 12.5. The van der Waals surface area contributed by atoms with Gasteiger partial charge in [-0.15, -0.1) is 0 Å². The first-order valence-corrected chi connectivity index (χ1v) is 4.10. The van der Waals surface area contributed by atoms with Gasteiger partial charge in [-0.05, 0) is 18.2 Å². The molecule has 0 aromatic heterocycles. The Bertz CT molecular complexity index is 460. The molecular weight excluding hydrogens is 223 g/mol. The summed E-state index contributed by atoms with van der Waals surface area (Å²) in [7, 11) is 1.06. The van der Waals surface area contributed by atoms with Crippen molar-refractivity contribution in [3.8, 4) is 6.07 Å². The average Bonchev–Trinajstić information content (AvgIpc) is 2.26. The summed E-state index contributed by atoms with van der Waals surface area (Å²) in [6, 6.07) is 4.07. The zero-order valence-electron chi connectivity index (χ0n) is 8.13. The Morgan fingerprint density at radius 1 is 1.44 bits per heavy atom. The molecule has 0 fully saturated rings. The SMILES string of the molecule is COC(=O)c1ccc(C#N)c(C(F)(F)F)c1. The molecule has 0 atom stereocenters. The third-order valence-corrected chi connectivity index (χ3v) is 1.87. The highest BCUT2D eigenvalue weighted by Gasteiger charge is 2.34. The van der Waals surface area contributed by atoms with Crippen LogP contribution in [0.2, 0.25) is 0 Å². The third-order valence-electron chi connectivity index (χ3n) is 1.87. The molecule has 1 aromatic rings. The Labute approximate surface area is 89.1 Å². The van der Waals surface area contributed by atoms with Crippen molar-refractivity contribution in [1.29, 1.82) is 5.26 Å². The first-order valence-electron chi connectivity index (χ1n) is 4.10. The van der Waals surface area contributed by atoms with Gasteiger partial charge in [0.05, 0.1) is 29.9 Å². The molecule has 0 aliphatic carbocycles. The van der Waals surface area contributed by atoms with Crippen molar-refractivity contribution in [2.24, 2.45) is 0 Å². The summed E-state index contributed by atoms with van der Waals surface area (Å²) >= 11 is 0. The number of hydrogen-bond donors (Lipinski definition) is 0. The molecule has 1 aromatic carbocycles. The second-order valence-corrected chi connectivity index (χ2v) is 2.86. The topological polar surface area (TPSA) is 50.1 Å². The fourth-order valence-corrected chi connectivity index (χ4v) is 1.12. The van der Waals surface area contributed by atoms with E-state index in [0.717, 1.165) is 19.2 Å². The number of ether oxygens (including phenoxy) is 1. The largest absolute Gasteiger partial charge is 0.465 e. The van der Waals surface area contributed by atoms with Crippen LogP contribution in [-0.2, 0) is 10.9 Å². The zero-order chi connectivity index (χ0) is 12.3. The molecule has 3 nitrogen and oxygen atoms in total. The van der Waals surface area contributed by atoms with E-state index >= 15 is 0 Å². The number of carbonyl (C=O) groups excluding carboxylic acids is 1. The van der Waals surface area contributed by atoms with E-state index in [1.54, 1.807) is 0 Å². The average molecular weight is 229 g/mol. The molecule has 0 N–H and O–H groups in total. The molecule has 0 aliphatic heterocycles. The van der Waals surface area contributed by atoms with E-state index in [2.05, 4.69) is 4.74 Å². The van der Waals surface area contributed by atoms with E-state index < -0.39 is 23.3 Å². The maximum atomic E-state index is 12.5. The second-order valence-electron chi connectivity index (χ2n) is 2.86. The lowest BCUT2D eigenvalue weighted by Gasteiger charge is -2.09. The summed E-state index contributed by atoms with van der Waals surface area (Å²) < 4.78 is 41.7. The minimum Gasteiger partial charge on any atom is -0.465 e. The van der Waals surface area contributed by atoms with E-state index in [1.807, 2.05) is 0 Å². The van der Waals surface area contributed by atoms with Crippen LogP contribution in [0.25, 0.3) is 0 Å². The number of alkyl halides is 3. The van der Waals surface area contributed by atoms with Gasteiger partial charge in [0.1, 0.15) is 0 Å². The van der Waals surface area contributed by atoms with Crippen LogP contribution in [0.5, 0.6) is 0 Å². The number of nitriles is 1. The van der Waals surface area contributed by atoms with E-state index in [4.69, 9.17) is 5.26 Å². The molecule has 0 unspecified atom stereocenters. The smallest absolute Gasteiger partial charge is 0.417 e. The van der Waals surface area contributed by atoms with Crippen LogP contribution in [0, 0.1) is 11.3 Å². The Kier molecular flexibility index (Phi) is 3.18. The maximum Gasteiger partial charge on any atom is 0.417 e. The first-order chi connectivity index (χ1) is 7.40. The van der Waals surface area contributed by atoms with E-state index in [0.29, 0.717) is 6.07 Å². The molecule has 0 radical (unpaired) electrons. The summed E-state index contributed by atoms with van der Waals surface area (Å²) in [6.45, 7) is 0. The lowest BCUT2D eigenvalue weighted by molar-refractivity contribution is -0.137. The third kappa shape index (κ3) is 2.31. The van der Waals surface area contributed by atoms with Crippen LogP contribution in [0.3, 0.4) is 0 Å². The quantitative estimate of drug-likeness (QED) is 0.694. The standard InChI is InChI=1S/C10H6F3NO2/c1-16-9(15)6-2-3-7(5-14)8(4-6)10(11,12)13/h2-4H,1H3. The van der Waals surface area contributed by atoms with Crippen LogP contribution < -0.4 is 0 Å². The molecule has 84 valence electrons. The fraction of sp³-hybridized carbons (Fsp3) is 0.200. The van der Waals surface area contributed by atoms with Gasteiger partial charge in [-0.1, -0.05) is 0 Å². The molecule has 0 aliphatic rings. The lowest BCUT2D eigenvalue weighted by atomic mass is 10.0. The predicted molar refractivity (Wildman–Crippen MR) is 47.5 cm³/mol. The zero-order valence-corrected chi connectivity index (χ0v) is 8.13. The van der Waals surface area contributed by atoms with Gasteiger partial charge < -0.3 is 4.74 Å². The molecule has 0 bridgehead atoms. The number of benzene rings is 1. The highest BCUT2D eigenvalue weighted by Crippen LogP contribution is 2.32. The molecule has 1 rings (SSSR count). The summed E-state index contributed by atoms with van der Waals surface area (Å²) in [5.41, 5.74) is -1.91. The molecule has 0 heterocycles. The van der Waals surface area contributed by atoms with E-state index in [9.17, 15) is 18.0 Å². The van der Waals surface area contributed by atoms with Crippen LogP contribution in [0.15, 0.2) is 18.2 Å². The highest BCUT2D eigenvalue weighted by molar-refractivity contribution is 5.89. The van der Waals surface area contributed by atoms with Crippen LogP contribution >= 0.6 is 0 Å². The lowest BCUT2D eigenvalue weighted by Crippen LogP contribution is -2.10. The van der Waals surface area contributed by atoms with Gasteiger partial charge in [-0.25, -0.2) is 4.79 Å². The van der Waals surface area contributed by atoms with E-state index in [1.165, 1.54) is 6.07 Å². The molecule has 0 spiro atoms. The summed E-state index contributed by atoms with van der Waals surface area (Å²) in [6.07, 6.45) is -4.67. The number of esters is 1. The summed E-state index contributed by atoms with van der Waals surface area (Å²) in [4.78, 5) is 11.0. The molecule has 0 saturated carbocycles. The number of methoxy groups -OCH3 is 1. The second kappa shape index (κ2) is 4.23. The van der Waals surface area contributed by atoms with E-state index in [-0.39, 0.29) is 5.56 Å². The van der Waals surface area contributed by atoms with Gasteiger partial charge in [0.25, 0.3) is 0 Å². The van der Waals surface area contributed by atoms with Crippen molar-refractivity contribution in [2.75, 3.05) is 7.11 Å². The molecule has 0 amide bonds. The summed E-state index contributed by atoms with van der Waals surface area (Å²) in [5.74, 6) is -0.880. The van der Waals surface area contributed by atoms with Gasteiger partial charge in [0.2, 0.25) is 0 Å². The Morgan fingerprint density at radius 3 is 2.50 bits per heavy atom. The Morgan fingerprint density at radius 2 is 2.06 bits per heavy atom. The van der Waals surface area contributed by atoms with Crippen LogP contribution in [0.1, 0.15) is 21.5 Å². The van der Waals surface area contributed by atoms with Crippen molar-refractivity contribution >= 4 is 5.97 Å². The monoisotopic (exact) mass is 229 g/mol. The number of rotatable bonds is 1. The van der Waals surface area contributed by atoms with Crippen molar-refractivity contribution in [3.05, 3.63) is 34.9 Å². The van der Waals surface area contributed by atoms with Crippen molar-refractivity contribution < 1.29 is 22.7 Å².